The number of ether oxygens (including phenoxy) is 1. The second-order valence-corrected chi connectivity index (χ2v) is 6.27. The monoisotopic (exact) mass is 369 g/mol. The van der Waals surface area contributed by atoms with Crippen molar-refractivity contribution in [1.29, 1.82) is 0 Å². The molecular weight excluding hydrogens is 346 g/mol. The number of amides is 1. The number of carbonyl (C=O) groups is 2. The van der Waals surface area contributed by atoms with Crippen molar-refractivity contribution in [2.45, 2.75) is 6.92 Å². The summed E-state index contributed by atoms with van der Waals surface area (Å²) in [5, 5.41) is 3.06. The zero-order valence-corrected chi connectivity index (χ0v) is 15.5. The first-order valence-electron chi connectivity index (χ1n) is 8.91. The molecule has 1 N–H and O–H groups in total. The van der Waals surface area contributed by atoms with E-state index in [1.54, 1.807) is 30.0 Å². The van der Waals surface area contributed by atoms with Crippen molar-refractivity contribution in [3.63, 3.8) is 0 Å². The Hall–Kier alpha value is -3.00. The highest BCUT2D eigenvalue weighted by Crippen LogP contribution is 2.20. The Morgan fingerprint density at radius 1 is 1.11 bits per heavy atom. The summed E-state index contributed by atoms with van der Waals surface area (Å²) in [7, 11) is 2.04. The highest BCUT2D eigenvalue weighted by molar-refractivity contribution is 5.96. The van der Waals surface area contributed by atoms with Gasteiger partial charge in [-0.3, -0.25) is 4.79 Å². The van der Waals surface area contributed by atoms with Crippen LogP contribution in [0.5, 0.6) is 0 Å². The molecule has 142 valence electrons. The van der Waals surface area contributed by atoms with Gasteiger partial charge in [-0.2, -0.15) is 0 Å². The lowest BCUT2D eigenvalue weighted by Gasteiger charge is -2.32. The lowest BCUT2D eigenvalue weighted by molar-refractivity contribution is 0.0527. The van der Waals surface area contributed by atoms with E-state index in [-0.39, 0.29) is 5.91 Å². The first-order chi connectivity index (χ1) is 13.1. The summed E-state index contributed by atoms with van der Waals surface area (Å²) in [5.74, 6) is -0.0776. The molecule has 0 spiro atoms. The van der Waals surface area contributed by atoms with E-state index in [4.69, 9.17) is 4.74 Å². The molecule has 0 bridgehead atoms. The Kier molecular flexibility index (Phi) is 5.97. The van der Waals surface area contributed by atoms with Crippen LogP contribution in [0.3, 0.4) is 0 Å². The number of nitrogens with one attached hydrogen (secondary N) is 1. The van der Waals surface area contributed by atoms with Crippen LogP contribution in [0.25, 0.3) is 0 Å². The third-order valence-electron chi connectivity index (χ3n) is 4.35. The number of hydrogen-bond acceptors (Lipinski definition) is 7. The van der Waals surface area contributed by atoms with Crippen molar-refractivity contribution in [3.05, 3.63) is 47.9 Å². The standard InChI is InChI=1S/C19H23N5O3/c1-3-27-19(26)14-6-4-5-7-15(14)22-17-13-20-16(12-21-17)18(25)24-10-8-23(2)9-11-24/h4-7,12-13H,3,8-11H2,1-2H3,(H,21,22). The Morgan fingerprint density at radius 3 is 2.52 bits per heavy atom. The van der Waals surface area contributed by atoms with Gasteiger partial charge in [-0.1, -0.05) is 12.1 Å². The van der Waals surface area contributed by atoms with E-state index >= 15 is 0 Å². The zero-order chi connectivity index (χ0) is 19.2. The number of carbonyl (C=O) groups excluding carboxylic acids is 2. The number of aromatic nitrogens is 2. The molecule has 1 aromatic heterocycles. The van der Waals surface area contributed by atoms with E-state index in [1.807, 2.05) is 13.1 Å². The number of rotatable bonds is 5. The first-order valence-corrected chi connectivity index (χ1v) is 8.91. The fraction of sp³-hybridized carbons (Fsp3) is 0.368. The second kappa shape index (κ2) is 8.59. The van der Waals surface area contributed by atoms with Crippen LogP contribution >= 0.6 is 0 Å². The SMILES string of the molecule is CCOC(=O)c1ccccc1Nc1cnc(C(=O)N2CCN(C)CC2)cn1. The van der Waals surface area contributed by atoms with E-state index in [1.165, 1.54) is 12.4 Å². The van der Waals surface area contributed by atoms with Crippen LogP contribution in [0.4, 0.5) is 11.5 Å². The smallest absolute Gasteiger partial charge is 0.340 e. The van der Waals surface area contributed by atoms with E-state index < -0.39 is 5.97 Å². The predicted octanol–water partition coefficient (Wildman–Crippen LogP) is 1.78. The number of esters is 1. The van der Waals surface area contributed by atoms with Gasteiger partial charge in [0.1, 0.15) is 11.5 Å². The van der Waals surface area contributed by atoms with Crippen LogP contribution in [0, 0.1) is 0 Å². The summed E-state index contributed by atoms with van der Waals surface area (Å²) < 4.78 is 5.06. The number of likely N-dealkylation sites (N-methyl/N-ethyl adjacent to an activating group) is 1. The van der Waals surface area contributed by atoms with Gasteiger partial charge >= 0.3 is 5.97 Å². The van der Waals surface area contributed by atoms with Crippen molar-refractivity contribution in [2.75, 3.05) is 45.2 Å². The van der Waals surface area contributed by atoms with Crippen LogP contribution in [-0.2, 0) is 4.74 Å². The Morgan fingerprint density at radius 2 is 1.85 bits per heavy atom. The van der Waals surface area contributed by atoms with Crippen LogP contribution in [-0.4, -0.2) is 71.5 Å². The average molecular weight is 369 g/mol. The van der Waals surface area contributed by atoms with E-state index in [2.05, 4.69) is 20.2 Å². The largest absolute Gasteiger partial charge is 0.462 e. The summed E-state index contributed by atoms with van der Waals surface area (Å²) in [6.45, 7) is 5.13. The molecule has 0 unspecified atom stereocenters. The second-order valence-electron chi connectivity index (χ2n) is 6.27. The normalized spacial score (nSPS) is 14.7. The molecule has 0 atom stereocenters. The van der Waals surface area contributed by atoms with Crippen molar-refractivity contribution in [3.8, 4) is 0 Å². The van der Waals surface area contributed by atoms with Gasteiger partial charge in [-0.15, -0.1) is 0 Å². The molecule has 8 heteroatoms. The molecule has 1 saturated heterocycles. The number of piperazine rings is 1. The fourth-order valence-corrected chi connectivity index (χ4v) is 2.79. The predicted molar refractivity (Wildman–Crippen MR) is 101 cm³/mol. The molecule has 8 nitrogen and oxygen atoms in total. The number of hydrogen-bond donors (Lipinski definition) is 1. The summed E-state index contributed by atoms with van der Waals surface area (Å²) in [5.41, 5.74) is 1.30. The average Bonchev–Trinajstić information content (AvgIpc) is 2.69. The Balaban J connectivity index is 1.70. The van der Waals surface area contributed by atoms with Crippen molar-refractivity contribution < 1.29 is 14.3 Å². The van der Waals surface area contributed by atoms with Gasteiger partial charge in [-0.05, 0) is 26.1 Å². The summed E-state index contributed by atoms with van der Waals surface area (Å²) in [6, 6.07) is 7.01. The Labute approximate surface area is 158 Å². The first kappa shape index (κ1) is 18.8. The van der Waals surface area contributed by atoms with Gasteiger partial charge < -0.3 is 19.9 Å². The maximum Gasteiger partial charge on any atom is 0.340 e. The number of anilines is 2. The molecule has 1 aliphatic rings. The molecule has 1 fully saturated rings. The topological polar surface area (TPSA) is 87.7 Å². The minimum atomic E-state index is -0.407. The number of nitrogens with zero attached hydrogens (tertiary/aromatic N) is 4. The molecule has 1 aliphatic heterocycles. The molecule has 0 saturated carbocycles. The van der Waals surface area contributed by atoms with Gasteiger partial charge in [0, 0.05) is 26.2 Å². The van der Waals surface area contributed by atoms with Crippen LogP contribution in [0.1, 0.15) is 27.8 Å². The molecule has 1 aromatic carbocycles. The maximum absolute atomic E-state index is 12.5. The van der Waals surface area contributed by atoms with Crippen LogP contribution in [0.15, 0.2) is 36.7 Å². The van der Waals surface area contributed by atoms with Gasteiger partial charge in [-0.25, -0.2) is 14.8 Å². The quantitative estimate of drug-likeness (QED) is 0.804. The van der Waals surface area contributed by atoms with Crippen LogP contribution in [0.2, 0.25) is 0 Å². The highest BCUT2D eigenvalue weighted by atomic mass is 16.5. The molecule has 0 radical (unpaired) electrons. The molecule has 2 heterocycles. The lowest BCUT2D eigenvalue weighted by Crippen LogP contribution is -2.47. The molecule has 27 heavy (non-hydrogen) atoms. The third kappa shape index (κ3) is 4.59. The summed E-state index contributed by atoms with van der Waals surface area (Å²) in [4.78, 5) is 37.0. The maximum atomic E-state index is 12.5. The zero-order valence-electron chi connectivity index (χ0n) is 15.5. The summed E-state index contributed by atoms with van der Waals surface area (Å²) >= 11 is 0. The molecule has 0 aliphatic carbocycles. The number of para-hydroxylation sites is 1. The molecule has 1 amide bonds. The molecule has 2 aromatic rings. The van der Waals surface area contributed by atoms with Crippen LogP contribution < -0.4 is 5.32 Å². The van der Waals surface area contributed by atoms with Crippen molar-refractivity contribution in [2.24, 2.45) is 0 Å². The highest BCUT2D eigenvalue weighted by Gasteiger charge is 2.21. The minimum absolute atomic E-state index is 0.117. The number of benzene rings is 1. The third-order valence-corrected chi connectivity index (χ3v) is 4.35. The van der Waals surface area contributed by atoms with E-state index in [9.17, 15) is 9.59 Å². The van der Waals surface area contributed by atoms with E-state index in [0.29, 0.717) is 42.5 Å². The molecular formula is C19H23N5O3. The van der Waals surface area contributed by atoms with Crippen molar-refractivity contribution >= 4 is 23.4 Å². The fourth-order valence-electron chi connectivity index (χ4n) is 2.79. The van der Waals surface area contributed by atoms with Gasteiger partial charge in [0.2, 0.25) is 0 Å². The van der Waals surface area contributed by atoms with E-state index in [0.717, 1.165) is 13.1 Å². The Bertz CT molecular complexity index is 801. The lowest BCUT2D eigenvalue weighted by atomic mass is 10.2. The van der Waals surface area contributed by atoms with Crippen molar-refractivity contribution in [1.82, 2.24) is 19.8 Å². The van der Waals surface area contributed by atoms with Gasteiger partial charge in [0.25, 0.3) is 5.91 Å². The minimum Gasteiger partial charge on any atom is -0.462 e. The van der Waals surface area contributed by atoms with Gasteiger partial charge in [0.05, 0.1) is 30.3 Å². The molecule has 3 rings (SSSR count). The summed E-state index contributed by atoms with van der Waals surface area (Å²) in [6.07, 6.45) is 2.95. The van der Waals surface area contributed by atoms with Gasteiger partial charge in [0.15, 0.2) is 0 Å².